The average molecular weight is 539 g/mol. The highest BCUT2D eigenvalue weighted by atomic mass is 32.1. The molecule has 5 rings (SSSR count). The minimum atomic E-state index is -0.425. The third-order valence-corrected chi connectivity index (χ3v) is 6.93. The Morgan fingerprint density at radius 2 is 1.89 bits per heavy atom. The zero-order valence-corrected chi connectivity index (χ0v) is 22.3. The Hall–Kier alpha value is -3.74. The molecule has 0 spiro atoms. The highest BCUT2D eigenvalue weighted by molar-refractivity contribution is 7.15. The molecule has 38 heavy (non-hydrogen) atoms. The molecule has 11 nitrogen and oxygen atoms in total. The molecule has 0 unspecified atom stereocenters. The number of fused-ring (bicyclic) bond motifs is 1. The summed E-state index contributed by atoms with van der Waals surface area (Å²) in [6, 6.07) is 8.57. The van der Waals surface area contributed by atoms with Crippen molar-refractivity contribution in [2.45, 2.75) is 26.2 Å². The van der Waals surface area contributed by atoms with E-state index in [4.69, 9.17) is 14.0 Å². The molecular weight excluding hydrogens is 508 g/mol. The Bertz CT molecular complexity index is 1410. The van der Waals surface area contributed by atoms with Crippen molar-refractivity contribution in [3.8, 4) is 11.3 Å². The van der Waals surface area contributed by atoms with Gasteiger partial charge in [0.25, 0.3) is 0 Å². The Balaban J connectivity index is 1.18. The fraction of sp³-hybridized carbons (Fsp3) is 0.385. The number of amides is 2. The quantitative estimate of drug-likeness (QED) is 0.330. The second-order valence-electron chi connectivity index (χ2n) is 9.97. The molecule has 0 bridgehead atoms. The summed E-state index contributed by atoms with van der Waals surface area (Å²) in [6.45, 7) is 10.1. The Morgan fingerprint density at radius 3 is 2.61 bits per heavy atom. The lowest BCUT2D eigenvalue weighted by Gasteiger charge is -2.26. The number of ether oxygens (including phenoxy) is 2. The van der Waals surface area contributed by atoms with Gasteiger partial charge in [-0.3, -0.25) is 14.6 Å². The van der Waals surface area contributed by atoms with E-state index in [1.165, 1.54) is 11.3 Å². The van der Waals surface area contributed by atoms with Crippen LogP contribution in [-0.4, -0.2) is 70.9 Å². The summed E-state index contributed by atoms with van der Waals surface area (Å²) < 4.78 is 17.9. The van der Waals surface area contributed by atoms with Gasteiger partial charge in [0, 0.05) is 53.9 Å². The van der Waals surface area contributed by atoms with Crippen LogP contribution in [0.15, 0.2) is 46.4 Å². The monoisotopic (exact) mass is 538 g/mol. The molecule has 1 saturated heterocycles. The van der Waals surface area contributed by atoms with Crippen molar-refractivity contribution in [2.75, 3.05) is 50.1 Å². The molecule has 1 aromatic carbocycles. The lowest BCUT2D eigenvalue weighted by Crippen LogP contribution is -2.38. The van der Waals surface area contributed by atoms with E-state index in [0.717, 1.165) is 18.7 Å². The molecule has 1 aliphatic rings. The van der Waals surface area contributed by atoms with E-state index < -0.39 is 6.03 Å². The minimum Gasteiger partial charge on any atom is -0.460 e. The molecule has 1 fully saturated rings. The summed E-state index contributed by atoms with van der Waals surface area (Å²) in [7, 11) is 0. The van der Waals surface area contributed by atoms with Crippen LogP contribution in [0.25, 0.3) is 16.2 Å². The number of hydrogen-bond acceptors (Lipinski definition) is 9. The number of anilines is 2. The highest BCUT2D eigenvalue weighted by Crippen LogP contribution is 2.26. The number of nitrogens with one attached hydrogen (secondary N) is 2. The first-order chi connectivity index (χ1) is 18.3. The Kier molecular flexibility index (Phi) is 7.45. The second-order valence-corrected chi connectivity index (χ2v) is 10.8. The summed E-state index contributed by atoms with van der Waals surface area (Å²) in [4.78, 5) is 32.6. The molecule has 0 radical (unpaired) electrons. The van der Waals surface area contributed by atoms with E-state index in [1.807, 2.05) is 39.1 Å². The lowest BCUT2D eigenvalue weighted by atomic mass is 9.93. The number of esters is 1. The number of thiazole rings is 1. The summed E-state index contributed by atoms with van der Waals surface area (Å²) in [5.74, 6) is 0.653. The molecule has 200 valence electrons. The molecule has 2 amide bonds. The van der Waals surface area contributed by atoms with Crippen molar-refractivity contribution in [3.05, 3.63) is 53.4 Å². The molecule has 0 aliphatic carbocycles. The normalized spacial score (nSPS) is 14.5. The molecule has 3 aromatic heterocycles. The van der Waals surface area contributed by atoms with Gasteiger partial charge < -0.3 is 19.3 Å². The highest BCUT2D eigenvalue weighted by Gasteiger charge is 2.21. The van der Waals surface area contributed by atoms with Gasteiger partial charge >= 0.3 is 12.0 Å². The SMILES string of the molecule is CC(C)(C)c1cc(NC(=O)Nc2ccc(-c3cn4c(C(=O)OCCN5CCOCC5)csc4n3)cc2)no1. The predicted octanol–water partition coefficient (Wildman–Crippen LogP) is 4.48. The van der Waals surface area contributed by atoms with Crippen molar-refractivity contribution >= 4 is 39.8 Å². The van der Waals surface area contributed by atoms with Crippen molar-refractivity contribution < 1.29 is 23.6 Å². The van der Waals surface area contributed by atoms with E-state index in [-0.39, 0.29) is 11.4 Å². The topological polar surface area (TPSA) is 123 Å². The lowest BCUT2D eigenvalue weighted by molar-refractivity contribution is 0.0193. The van der Waals surface area contributed by atoms with Gasteiger partial charge in [-0.15, -0.1) is 11.3 Å². The van der Waals surface area contributed by atoms with Gasteiger partial charge in [-0.1, -0.05) is 38.1 Å². The van der Waals surface area contributed by atoms with Crippen LogP contribution in [-0.2, 0) is 14.9 Å². The van der Waals surface area contributed by atoms with Gasteiger partial charge in [0.2, 0.25) is 0 Å². The van der Waals surface area contributed by atoms with Gasteiger partial charge in [-0.05, 0) is 12.1 Å². The third kappa shape index (κ3) is 6.04. The van der Waals surface area contributed by atoms with Crippen molar-refractivity contribution in [2.24, 2.45) is 0 Å². The van der Waals surface area contributed by atoms with Crippen molar-refractivity contribution in [1.29, 1.82) is 0 Å². The maximum atomic E-state index is 12.7. The number of morpholine rings is 1. The molecule has 4 aromatic rings. The van der Waals surface area contributed by atoms with E-state index in [1.54, 1.807) is 28.0 Å². The number of carbonyl (C=O) groups is 2. The Labute approximate surface area is 223 Å². The number of urea groups is 1. The summed E-state index contributed by atoms with van der Waals surface area (Å²) in [5.41, 5.74) is 2.42. The number of benzene rings is 1. The smallest absolute Gasteiger partial charge is 0.356 e. The number of rotatable bonds is 7. The first-order valence-corrected chi connectivity index (χ1v) is 13.2. The molecule has 2 N–H and O–H groups in total. The summed E-state index contributed by atoms with van der Waals surface area (Å²) in [5, 5.41) is 11.1. The average Bonchev–Trinajstić information content (AvgIpc) is 3.61. The van der Waals surface area contributed by atoms with E-state index in [2.05, 4.69) is 25.7 Å². The number of carbonyl (C=O) groups excluding carboxylic acids is 2. The van der Waals surface area contributed by atoms with Crippen LogP contribution in [0.3, 0.4) is 0 Å². The summed E-state index contributed by atoms with van der Waals surface area (Å²) in [6.07, 6.45) is 1.82. The van der Waals surface area contributed by atoms with E-state index in [9.17, 15) is 9.59 Å². The first-order valence-electron chi connectivity index (χ1n) is 12.4. The van der Waals surface area contributed by atoms with Gasteiger partial charge in [-0.2, -0.15) is 0 Å². The maximum absolute atomic E-state index is 12.7. The van der Waals surface area contributed by atoms with Gasteiger partial charge in [0.15, 0.2) is 10.8 Å². The molecule has 4 heterocycles. The van der Waals surface area contributed by atoms with Crippen LogP contribution in [0, 0.1) is 0 Å². The third-order valence-electron chi connectivity index (χ3n) is 6.09. The first kappa shape index (κ1) is 25.9. The second kappa shape index (κ2) is 10.9. The largest absolute Gasteiger partial charge is 0.460 e. The van der Waals surface area contributed by atoms with Crippen molar-refractivity contribution in [3.63, 3.8) is 0 Å². The van der Waals surface area contributed by atoms with Gasteiger partial charge in [-0.25, -0.2) is 14.6 Å². The van der Waals surface area contributed by atoms with Crippen LogP contribution < -0.4 is 10.6 Å². The minimum absolute atomic E-state index is 0.203. The van der Waals surface area contributed by atoms with Crippen LogP contribution in [0.1, 0.15) is 37.0 Å². The molecule has 0 atom stereocenters. The van der Waals surface area contributed by atoms with Crippen LogP contribution in [0.4, 0.5) is 16.3 Å². The molecular formula is C26H30N6O5S. The van der Waals surface area contributed by atoms with Gasteiger partial charge in [0.1, 0.15) is 18.1 Å². The predicted molar refractivity (Wildman–Crippen MR) is 144 cm³/mol. The molecule has 0 saturated carbocycles. The number of imidazole rings is 1. The number of nitrogens with zero attached hydrogens (tertiary/aromatic N) is 4. The standard InChI is InChI=1S/C26H30N6O5S/c1-26(2,3)21-14-22(30-37-21)29-24(34)27-18-6-4-17(5-7-18)19-15-32-20(16-38-25(32)28-19)23(33)36-13-10-31-8-11-35-12-9-31/h4-7,14-16H,8-13H2,1-3H3,(H2,27,29,30,34). The van der Waals surface area contributed by atoms with Gasteiger partial charge in [0.05, 0.1) is 18.9 Å². The van der Waals surface area contributed by atoms with E-state index in [0.29, 0.717) is 60.0 Å². The summed E-state index contributed by atoms with van der Waals surface area (Å²) >= 11 is 1.38. The maximum Gasteiger partial charge on any atom is 0.356 e. The fourth-order valence-corrected chi connectivity index (χ4v) is 4.77. The zero-order valence-electron chi connectivity index (χ0n) is 21.5. The van der Waals surface area contributed by atoms with Crippen LogP contribution in [0.5, 0.6) is 0 Å². The van der Waals surface area contributed by atoms with Crippen LogP contribution >= 0.6 is 11.3 Å². The van der Waals surface area contributed by atoms with Crippen molar-refractivity contribution in [1.82, 2.24) is 19.4 Å². The number of hydrogen-bond donors (Lipinski definition) is 2. The molecule has 1 aliphatic heterocycles. The molecule has 12 heteroatoms. The Morgan fingerprint density at radius 1 is 1.13 bits per heavy atom. The van der Waals surface area contributed by atoms with Crippen LogP contribution in [0.2, 0.25) is 0 Å². The number of aromatic nitrogens is 3. The zero-order chi connectivity index (χ0) is 26.7. The fourth-order valence-electron chi connectivity index (χ4n) is 3.93. The van der Waals surface area contributed by atoms with E-state index >= 15 is 0 Å².